The third kappa shape index (κ3) is 43.5. The fourth-order valence-electron chi connectivity index (χ4n) is 6.84. The highest BCUT2D eigenvalue weighted by Crippen LogP contribution is 2.13. The number of hydrogen-bond donors (Lipinski definition) is 1. The quantitative estimate of drug-likeness (QED) is 0.0281. The van der Waals surface area contributed by atoms with Crippen LogP contribution in [-0.4, -0.2) is 80.6 Å². The van der Waals surface area contributed by atoms with Gasteiger partial charge in [0, 0.05) is 19.3 Å². The van der Waals surface area contributed by atoms with Crippen molar-refractivity contribution in [1.82, 2.24) is 0 Å². The molecule has 0 aliphatic heterocycles. The Morgan fingerprint density at radius 2 is 0.891 bits per heavy atom. The smallest absolute Gasteiger partial charge is 0.362 e. The molecule has 0 amide bonds. The first kappa shape index (κ1) is 60.2. The van der Waals surface area contributed by atoms with Crippen LogP contribution < -0.4 is 0 Å². The summed E-state index contributed by atoms with van der Waals surface area (Å²) in [4.78, 5) is 37.1. The Kier molecular flexibility index (Phi) is 43.1. The van der Waals surface area contributed by atoms with Crippen LogP contribution in [0.2, 0.25) is 0 Å². The van der Waals surface area contributed by atoms with Gasteiger partial charge in [0.1, 0.15) is 6.61 Å². The van der Waals surface area contributed by atoms with E-state index in [1.54, 1.807) is 0 Å². The number of aliphatic carboxylic acids is 1. The lowest BCUT2D eigenvalue weighted by Gasteiger charge is -2.31. The number of esters is 2. The highest BCUT2D eigenvalue weighted by molar-refractivity contribution is 5.72. The molecule has 2 atom stereocenters. The molecule has 0 rings (SSSR count). The van der Waals surface area contributed by atoms with E-state index in [0.717, 1.165) is 70.6 Å². The monoisotopic (exact) mass is 893 g/mol. The van der Waals surface area contributed by atoms with Gasteiger partial charge < -0.3 is 23.8 Å². The van der Waals surface area contributed by atoms with E-state index in [0.29, 0.717) is 19.3 Å². The normalized spacial score (nSPS) is 13.7. The van der Waals surface area contributed by atoms with E-state index < -0.39 is 18.1 Å². The van der Waals surface area contributed by atoms with Crippen LogP contribution in [0.5, 0.6) is 0 Å². The van der Waals surface area contributed by atoms with Crippen molar-refractivity contribution >= 4 is 17.9 Å². The molecule has 1 N–H and O–H groups in total. The third-order valence-corrected chi connectivity index (χ3v) is 10.7. The predicted octanol–water partition coefficient (Wildman–Crippen LogP) is 14.6. The van der Waals surface area contributed by atoms with Gasteiger partial charge >= 0.3 is 17.9 Å². The molecule has 2 unspecified atom stereocenters. The van der Waals surface area contributed by atoms with Crippen molar-refractivity contribution in [1.29, 1.82) is 0 Å². The molecule has 0 aromatic rings. The van der Waals surface area contributed by atoms with Crippen molar-refractivity contribution in [2.75, 3.05) is 41.0 Å². The molecule has 0 aromatic heterocycles. The number of unbranched alkanes of at least 4 members (excludes halogenated alkanes) is 14. The zero-order valence-corrected chi connectivity index (χ0v) is 41.4. The highest BCUT2D eigenvalue weighted by Gasteiger charge is 2.31. The van der Waals surface area contributed by atoms with Crippen molar-refractivity contribution in [2.45, 2.75) is 199 Å². The minimum Gasteiger partial charge on any atom is -0.477 e. The Morgan fingerprint density at radius 1 is 0.484 bits per heavy atom. The molecular formula is C56H94NO7+. The fraction of sp³-hybridized carbons (Fsp3) is 0.661. The standard InChI is InChI=1S/C56H93NO7/c1-6-8-10-12-14-16-18-20-22-24-25-26-27-28-29-31-32-34-36-38-40-42-44-46-54(58)63-51-52(50-62-49-48-53(56(60)61)57(3,4)5)64-55(59)47-45-43-41-39-37-35-33-30-23-21-19-17-15-13-11-9-7-2/h8,10,14,16,20-23,25-26,28-29,32,34,38,40,52-53H,6-7,9,11-13,15,17-19,24,27,30-31,33,35-37,39,41-51H2,1-5H3/p+1/b10-8+,16-14+,22-20+,23-21+,26-25+,29-28+,34-32+,40-38+. The van der Waals surface area contributed by atoms with Gasteiger partial charge in [-0.05, 0) is 89.9 Å². The average molecular weight is 893 g/mol. The van der Waals surface area contributed by atoms with Crippen LogP contribution in [0.4, 0.5) is 0 Å². The molecule has 64 heavy (non-hydrogen) atoms. The summed E-state index contributed by atoms with van der Waals surface area (Å²) in [7, 11) is 5.51. The number of allylic oxidation sites excluding steroid dienone is 16. The van der Waals surface area contributed by atoms with Gasteiger partial charge in [-0.1, -0.05) is 175 Å². The second kappa shape index (κ2) is 45.8. The van der Waals surface area contributed by atoms with Gasteiger partial charge in [-0.15, -0.1) is 0 Å². The molecule has 0 aliphatic carbocycles. The van der Waals surface area contributed by atoms with E-state index in [1.807, 2.05) is 21.1 Å². The Labute approximate surface area is 392 Å². The van der Waals surface area contributed by atoms with E-state index in [2.05, 4.69) is 111 Å². The van der Waals surface area contributed by atoms with Crippen molar-refractivity contribution in [3.8, 4) is 0 Å². The van der Waals surface area contributed by atoms with Gasteiger partial charge in [0.05, 0.1) is 34.4 Å². The van der Waals surface area contributed by atoms with Gasteiger partial charge in [0.15, 0.2) is 12.1 Å². The summed E-state index contributed by atoms with van der Waals surface area (Å²) in [6.07, 6.45) is 61.8. The van der Waals surface area contributed by atoms with Gasteiger partial charge in [0.2, 0.25) is 0 Å². The van der Waals surface area contributed by atoms with Crippen molar-refractivity contribution in [3.63, 3.8) is 0 Å². The summed E-state index contributed by atoms with van der Waals surface area (Å²) >= 11 is 0. The van der Waals surface area contributed by atoms with Crippen molar-refractivity contribution in [3.05, 3.63) is 97.2 Å². The Hall–Kier alpha value is -3.75. The van der Waals surface area contributed by atoms with Crippen LogP contribution >= 0.6 is 0 Å². The summed E-state index contributed by atoms with van der Waals surface area (Å²) in [5.41, 5.74) is 0. The molecule has 8 heteroatoms. The first-order valence-electron chi connectivity index (χ1n) is 25.3. The molecule has 0 saturated heterocycles. The number of carboxylic acid groups (broad SMARTS) is 1. The minimum atomic E-state index is -0.886. The number of carbonyl (C=O) groups excluding carboxylic acids is 2. The maximum absolute atomic E-state index is 12.8. The number of nitrogens with zero attached hydrogens (tertiary/aromatic N) is 1. The molecule has 0 spiro atoms. The fourth-order valence-corrected chi connectivity index (χ4v) is 6.84. The summed E-state index contributed by atoms with van der Waals surface area (Å²) < 4.78 is 17.3. The van der Waals surface area contributed by atoms with Crippen LogP contribution in [0.3, 0.4) is 0 Å². The first-order valence-corrected chi connectivity index (χ1v) is 25.3. The van der Waals surface area contributed by atoms with E-state index in [4.69, 9.17) is 14.2 Å². The number of rotatable bonds is 44. The van der Waals surface area contributed by atoms with Crippen LogP contribution in [0.25, 0.3) is 0 Å². The second-order valence-corrected chi connectivity index (χ2v) is 17.7. The molecule has 0 heterocycles. The van der Waals surface area contributed by atoms with Gasteiger partial charge in [-0.2, -0.15) is 0 Å². The molecule has 0 aliphatic rings. The van der Waals surface area contributed by atoms with E-state index in [9.17, 15) is 19.5 Å². The van der Waals surface area contributed by atoms with E-state index in [-0.39, 0.29) is 42.7 Å². The first-order chi connectivity index (χ1) is 31.1. The number of quaternary nitrogens is 1. The zero-order chi connectivity index (χ0) is 47.0. The van der Waals surface area contributed by atoms with Gasteiger partial charge in [-0.25, -0.2) is 4.79 Å². The molecule has 0 aromatic carbocycles. The number of carbonyl (C=O) groups is 3. The Balaban J connectivity index is 4.39. The largest absolute Gasteiger partial charge is 0.477 e. The average Bonchev–Trinajstić information content (AvgIpc) is 3.26. The van der Waals surface area contributed by atoms with Gasteiger partial charge in [0.25, 0.3) is 0 Å². The maximum atomic E-state index is 12.8. The predicted molar refractivity (Wildman–Crippen MR) is 270 cm³/mol. The lowest BCUT2D eigenvalue weighted by Crippen LogP contribution is -2.50. The van der Waals surface area contributed by atoms with Gasteiger partial charge in [-0.3, -0.25) is 9.59 Å². The molecule has 8 nitrogen and oxygen atoms in total. The van der Waals surface area contributed by atoms with E-state index >= 15 is 0 Å². The molecular weight excluding hydrogens is 799 g/mol. The lowest BCUT2D eigenvalue weighted by atomic mass is 10.1. The zero-order valence-electron chi connectivity index (χ0n) is 41.4. The molecule has 0 radical (unpaired) electrons. The summed E-state index contributed by atoms with van der Waals surface area (Å²) in [6, 6.07) is -0.630. The van der Waals surface area contributed by atoms with Crippen molar-refractivity contribution in [2.24, 2.45) is 0 Å². The number of carboxylic acids is 1. The highest BCUT2D eigenvalue weighted by atomic mass is 16.6. The lowest BCUT2D eigenvalue weighted by molar-refractivity contribution is -0.887. The van der Waals surface area contributed by atoms with Crippen LogP contribution in [0.15, 0.2) is 97.2 Å². The minimum absolute atomic E-state index is 0.0358. The third-order valence-electron chi connectivity index (χ3n) is 10.7. The van der Waals surface area contributed by atoms with Crippen LogP contribution in [-0.2, 0) is 28.6 Å². The second-order valence-electron chi connectivity index (χ2n) is 17.7. The van der Waals surface area contributed by atoms with Crippen molar-refractivity contribution < 1.29 is 38.2 Å². The summed E-state index contributed by atoms with van der Waals surface area (Å²) in [5.74, 6) is -1.56. The SMILES string of the molecule is CC/C=C/C/C=C/C/C=C/C/C=C/C/C=C/C/C=C/C/C=C/CCCC(=O)OCC(COCCC(C(=O)O)[N+](C)(C)C)OC(=O)CCCCCCCCC/C=C/CCCCCCCC. The van der Waals surface area contributed by atoms with Crippen LogP contribution in [0.1, 0.15) is 187 Å². The summed E-state index contributed by atoms with van der Waals surface area (Å²) in [5, 5.41) is 9.65. The van der Waals surface area contributed by atoms with Crippen LogP contribution in [0, 0.1) is 0 Å². The Bertz CT molecular complexity index is 1360. The number of hydrogen-bond acceptors (Lipinski definition) is 6. The maximum Gasteiger partial charge on any atom is 0.362 e. The Morgan fingerprint density at radius 3 is 1.36 bits per heavy atom. The molecule has 0 saturated carbocycles. The molecule has 0 fully saturated rings. The number of ether oxygens (including phenoxy) is 3. The van der Waals surface area contributed by atoms with E-state index in [1.165, 1.54) is 77.0 Å². The number of likely N-dealkylation sites (N-methyl/N-ethyl adjacent to an activating group) is 1. The topological polar surface area (TPSA) is 99.1 Å². The molecule has 364 valence electrons. The summed E-state index contributed by atoms with van der Waals surface area (Å²) in [6.45, 7) is 4.55. The molecule has 0 bridgehead atoms.